The molecule has 0 aliphatic heterocycles. The Kier molecular flexibility index (Phi) is 3.16. The van der Waals surface area contributed by atoms with Crippen LogP contribution in [0.1, 0.15) is 15.9 Å². The summed E-state index contributed by atoms with van der Waals surface area (Å²) in [6.45, 7) is 0. The van der Waals surface area contributed by atoms with Crippen molar-refractivity contribution in [3.05, 3.63) is 58.0 Å². The molecule has 1 aromatic heterocycles. The first-order valence-corrected chi connectivity index (χ1v) is 5.06. The Hall–Kier alpha value is -2.94. The van der Waals surface area contributed by atoms with Crippen LogP contribution in [0.3, 0.4) is 0 Å². The molecule has 6 nitrogen and oxygen atoms in total. The Balaban J connectivity index is 2.32. The molecule has 0 unspecified atom stereocenters. The first kappa shape index (κ1) is 11.5. The second-order valence-electron chi connectivity index (χ2n) is 3.41. The molecule has 0 bridgehead atoms. The van der Waals surface area contributed by atoms with Crippen LogP contribution in [0.25, 0.3) is 0 Å². The van der Waals surface area contributed by atoms with Gasteiger partial charge in [0.15, 0.2) is 0 Å². The fraction of sp³-hybridized carbons (Fsp3) is 0. The van der Waals surface area contributed by atoms with Gasteiger partial charge in [-0.3, -0.25) is 9.59 Å². The molecule has 0 saturated carbocycles. The number of anilines is 1. The Morgan fingerprint density at radius 1 is 1.33 bits per heavy atom. The normalized spacial score (nSPS) is 9.50. The molecule has 0 aliphatic rings. The lowest BCUT2D eigenvalue weighted by Crippen LogP contribution is -2.20. The van der Waals surface area contributed by atoms with E-state index in [4.69, 9.17) is 5.26 Å². The molecule has 0 atom stereocenters. The molecule has 0 radical (unpaired) electrons. The van der Waals surface area contributed by atoms with Crippen molar-refractivity contribution < 1.29 is 4.79 Å². The highest BCUT2D eigenvalue weighted by Gasteiger charge is 2.11. The number of nitrogens with one attached hydrogen (secondary N) is 2. The second kappa shape index (κ2) is 4.93. The number of amides is 1. The summed E-state index contributed by atoms with van der Waals surface area (Å²) in [5, 5.41) is 17.0. The summed E-state index contributed by atoms with van der Waals surface area (Å²) in [4.78, 5) is 23.3. The van der Waals surface area contributed by atoms with Crippen LogP contribution in [0.5, 0.6) is 0 Å². The minimum atomic E-state index is -0.510. The van der Waals surface area contributed by atoms with Crippen LogP contribution < -0.4 is 10.9 Å². The number of carbonyl (C=O) groups is 1. The number of rotatable bonds is 2. The molecule has 18 heavy (non-hydrogen) atoms. The van der Waals surface area contributed by atoms with Crippen molar-refractivity contribution in [2.75, 3.05) is 5.32 Å². The van der Waals surface area contributed by atoms with E-state index in [-0.39, 0.29) is 16.8 Å². The zero-order chi connectivity index (χ0) is 13.0. The van der Waals surface area contributed by atoms with E-state index in [9.17, 15) is 9.59 Å². The van der Waals surface area contributed by atoms with Gasteiger partial charge in [-0.25, -0.2) is 5.10 Å². The smallest absolute Gasteiger partial charge is 0.287 e. The summed E-state index contributed by atoms with van der Waals surface area (Å²) in [6, 6.07) is 9.66. The predicted octanol–water partition coefficient (Wildman–Crippen LogP) is 0.894. The Morgan fingerprint density at radius 3 is 2.83 bits per heavy atom. The zero-order valence-electron chi connectivity index (χ0n) is 9.18. The van der Waals surface area contributed by atoms with Crippen LogP contribution in [-0.2, 0) is 0 Å². The van der Waals surface area contributed by atoms with Crippen molar-refractivity contribution in [1.29, 1.82) is 5.26 Å². The number of hydrogen-bond acceptors (Lipinski definition) is 4. The van der Waals surface area contributed by atoms with Crippen molar-refractivity contribution in [1.82, 2.24) is 10.2 Å². The monoisotopic (exact) mass is 240 g/mol. The van der Waals surface area contributed by atoms with Crippen LogP contribution in [0, 0.1) is 11.3 Å². The first-order chi connectivity index (χ1) is 8.72. The number of aromatic nitrogens is 2. The summed E-state index contributed by atoms with van der Waals surface area (Å²) < 4.78 is 0. The number of benzene rings is 1. The third-order valence-corrected chi connectivity index (χ3v) is 2.27. The highest BCUT2D eigenvalue weighted by Crippen LogP contribution is 2.09. The average Bonchev–Trinajstić information content (AvgIpc) is 2.41. The Morgan fingerprint density at radius 2 is 2.11 bits per heavy atom. The van der Waals surface area contributed by atoms with E-state index >= 15 is 0 Å². The minimum Gasteiger partial charge on any atom is -0.317 e. The van der Waals surface area contributed by atoms with E-state index in [0.29, 0.717) is 0 Å². The molecule has 1 heterocycles. The molecule has 6 heteroatoms. The molecule has 0 fully saturated rings. The van der Waals surface area contributed by atoms with E-state index in [1.807, 2.05) is 6.07 Å². The molecule has 2 rings (SSSR count). The maximum Gasteiger partial charge on any atom is 0.287 e. The van der Waals surface area contributed by atoms with Crippen LogP contribution in [0.2, 0.25) is 0 Å². The third-order valence-electron chi connectivity index (χ3n) is 2.27. The number of nitrogens with zero attached hydrogens (tertiary/aromatic N) is 2. The van der Waals surface area contributed by atoms with Gasteiger partial charge in [0.1, 0.15) is 5.69 Å². The molecule has 88 valence electrons. The van der Waals surface area contributed by atoms with Crippen molar-refractivity contribution in [3.8, 4) is 6.07 Å². The first-order valence-electron chi connectivity index (χ1n) is 5.06. The fourth-order valence-corrected chi connectivity index (χ4v) is 1.41. The molecule has 0 aliphatic carbocycles. The van der Waals surface area contributed by atoms with E-state index in [1.165, 1.54) is 24.4 Å². The number of H-pyrrole nitrogens is 1. The molecule has 1 amide bonds. The number of aromatic amines is 1. The van der Waals surface area contributed by atoms with Crippen LogP contribution >= 0.6 is 0 Å². The van der Waals surface area contributed by atoms with E-state index in [1.54, 1.807) is 12.1 Å². The lowest BCUT2D eigenvalue weighted by atomic mass is 10.1. The van der Waals surface area contributed by atoms with E-state index < -0.39 is 11.5 Å². The SMILES string of the molecule is N#Cc1ccccc1C(=O)Nc1ccn[nH]c1=O. The van der Waals surface area contributed by atoms with Gasteiger partial charge in [0.05, 0.1) is 17.2 Å². The predicted molar refractivity (Wildman–Crippen MR) is 64.0 cm³/mol. The van der Waals surface area contributed by atoms with Crippen LogP contribution in [0.4, 0.5) is 5.69 Å². The number of nitriles is 1. The Bertz CT molecular complexity index is 685. The molecule has 0 saturated heterocycles. The molecular weight excluding hydrogens is 232 g/mol. The summed E-state index contributed by atoms with van der Waals surface area (Å²) >= 11 is 0. The van der Waals surface area contributed by atoms with Gasteiger partial charge >= 0.3 is 0 Å². The highest BCUT2D eigenvalue weighted by molar-refractivity contribution is 6.05. The van der Waals surface area contributed by atoms with Gasteiger partial charge < -0.3 is 5.32 Å². The molecule has 2 aromatic rings. The van der Waals surface area contributed by atoms with E-state index in [0.717, 1.165) is 0 Å². The van der Waals surface area contributed by atoms with Gasteiger partial charge in [-0.2, -0.15) is 10.4 Å². The Labute approximate surface area is 102 Å². The van der Waals surface area contributed by atoms with Crippen molar-refractivity contribution in [3.63, 3.8) is 0 Å². The minimum absolute atomic E-state index is 0.0859. The van der Waals surface area contributed by atoms with Crippen molar-refractivity contribution in [2.24, 2.45) is 0 Å². The standard InChI is InChI=1S/C12H8N4O2/c13-7-8-3-1-2-4-9(8)11(17)15-10-5-6-14-16-12(10)18/h1-6H,(H,16,18)(H,14,15,17). The largest absolute Gasteiger partial charge is 0.317 e. The van der Waals surface area contributed by atoms with Crippen molar-refractivity contribution in [2.45, 2.75) is 0 Å². The molecule has 0 spiro atoms. The summed E-state index contributed by atoms with van der Waals surface area (Å²) in [6.07, 6.45) is 1.35. The molecular formula is C12H8N4O2. The second-order valence-corrected chi connectivity index (χ2v) is 3.41. The maximum absolute atomic E-state index is 11.9. The van der Waals surface area contributed by atoms with Crippen LogP contribution in [-0.4, -0.2) is 16.1 Å². The van der Waals surface area contributed by atoms with Crippen LogP contribution in [0.15, 0.2) is 41.3 Å². The summed E-state index contributed by atoms with van der Waals surface area (Å²) in [5.74, 6) is -0.510. The fourth-order valence-electron chi connectivity index (χ4n) is 1.41. The van der Waals surface area contributed by atoms with Gasteiger partial charge in [-0.1, -0.05) is 12.1 Å². The van der Waals surface area contributed by atoms with Gasteiger partial charge in [-0.15, -0.1) is 0 Å². The molecule has 1 aromatic carbocycles. The van der Waals surface area contributed by atoms with Gasteiger partial charge in [0, 0.05) is 6.20 Å². The lowest BCUT2D eigenvalue weighted by Gasteiger charge is -2.04. The van der Waals surface area contributed by atoms with Gasteiger partial charge in [-0.05, 0) is 18.2 Å². The lowest BCUT2D eigenvalue weighted by molar-refractivity contribution is 0.102. The average molecular weight is 240 g/mol. The number of hydrogen-bond donors (Lipinski definition) is 2. The quantitative estimate of drug-likeness (QED) is 0.814. The maximum atomic E-state index is 11.9. The highest BCUT2D eigenvalue weighted by atomic mass is 16.2. The summed E-state index contributed by atoms with van der Waals surface area (Å²) in [7, 11) is 0. The third kappa shape index (κ3) is 2.25. The van der Waals surface area contributed by atoms with Crippen molar-refractivity contribution >= 4 is 11.6 Å². The van der Waals surface area contributed by atoms with Gasteiger partial charge in [0.2, 0.25) is 0 Å². The number of carbonyl (C=O) groups excluding carboxylic acids is 1. The van der Waals surface area contributed by atoms with Gasteiger partial charge in [0.25, 0.3) is 11.5 Å². The molecule has 2 N–H and O–H groups in total. The topological polar surface area (TPSA) is 98.6 Å². The van der Waals surface area contributed by atoms with E-state index in [2.05, 4.69) is 15.5 Å². The summed E-state index contributed by atoms with van der Waals surface area (Å²) in [5.41, 5.74) is 0.0553. The zero-order valence-corrected chi connectivity index (χ0v) is 9.18.